The molecule has 3 aliphatic heterocycles. The molecule has 4 amide bonds. The van der Waals surface area contributed by atoms with Crippen LogP contribution in [0.4, 0.5) is 14.4 Å². The lowest BCUT2D eigenvalue weighted by molar-refractivity contribution is -0.153. The Bertz CT molecular complexity index is 1390. The molecule has 4 aliphatic rings. The molecule has 12 heteroatoms. The van der Waals surface area contributed by atoms with Crippen molar-refractivity contribution in [3.8, 4) is 0 Å². The summed E-state index contributed by atoms with van der Waals surface area (Å²) in [6.45, 7) is 12.6. The number of aromatic nitrogens is 1. The average Bonchev–Trinajstić information content (AvgIpc) is 3.39. The zero-order chi connectivity index (χ0) is 31.4. The molecule has 0 N–H and O–H groups in total. The van der Waals surface area contributed by atoms with Crippen LogP contribution in [0.2, 0.25) is 0 Å². The normalized spacial score (nSPS) is 22.7. The quantitative estimate of drug-likeness (QED) is 0.404. The first kappa shape index (κ1) is 30.2. The number of likely N-dealkylation sites (tertiary alicyclic amines) is 1. The monoisotopic (exact) mass is 609 g/mol. The summed E-state index contributed by atoms with van der Waals surface area (Å²) in [6.07, 6.45) is 1.94. The first-order chi connectivity index (χ1) is 20.7. The molecule has 238 valence electrons. The molecule has 4 fully saturated rings. The van der Waals surface area contributed by atoms with Crippen molar-refractivity contribution in [2.24, 2.45) is 5.41 Å². The SMILES string of the molecule is CC(C)(C)OC(=O)N1CC(N(Cc2cc([C@@H]3CC4(CC4)[C@@H]4CN3C(=O)N4OCc3ccccc3)no2)C(=O)OC(C)(C)C)C1. The van der Waals surface area contributed by atoms with Crippen LogP contribution >= 0.6 is 0 Å². The van der Waals surface area contributed by atoms with Gasteiger partial charge in [-0.25, -0.2) is 14.4 Å². The summed E-state index contributed by atoms with van der Waals surface area (Å²) >= 11 is 0. The zero-order valence-electron chi connectivity index (χ0n) is 26.4. The number of fused-ring (bicyclic) bond motifs is 3. The number of amides is 4. The average molecular weight is 610 g/mol. The molecular weight excluding hydrogens is 566 g/mol. The lowest BCUT2D eigenvalue weighted by atomic mass is 9.84. The Balaban J connectivity index is 1.15. The Morgan fingerprint density at radius 3 is 2.34 bits per heavy atom. The van der Waals surface area contributed by atoms with Crippen molar-refractivity contribution >= 4 is 18.2 Å². The second-order valence-electron chi connectivity index (χ2n) is 14.5. The first-order valence-corrected chi connectivity index (χ1v) is 15.4. The lowest BCUT2D eigenvalue weighted by Gasteiger charge is -2.44. The number of nitrogens with zero attached hydrogens (tertiary/aromatic N) is 5. The molecule has 2 bridgehead atoms. The number of hydroxylamine groups is 2. The largest absolute Gasteiger partial charge is 0.444 e. The molecule has 1 aliphatic carbocycles. The molecule has 12 nitrogen and oxygen atoms in total. The molecule has 6 rings (SSSR count). The van der Waals surface area contributed by atoms with Crippen LogP contribution in [-0.4, -0.2) is 86.1 Å². The van der Waals surface area contributed by atoms with E-state index in [1.165, 1.54) is 0 Å². The van der Waals surface area contributed by atoms with Gasteiger partial charge in [0.05, 0.1) is 24.7 Å². The Kier molecular flexibility index (Phi) is 7.54. The second kappa shape index (κ2) is 11.0. The molecule has 2 atom stereocenters. The maximum atomic E-state index is 13.6. The van der Waals surface area contributed by atoms with Gasteiger partial charge in [-0.3, -0.25) is 9.74 Å². The van der Waals surface area contributed by atoms with Gasteiger partial charge in [-0.1, -0.05) is 35.5 Å². The molecule has 44 heavy (non-hydrogen) atoms. The van der Waals surface area contributed by atoms with E-state index in [1.54, 1.807) is 14.9 Å². The van der Waals surface area contributed by atoms with E-state index >= 15 is 0 Å². The fraction of sp³-hybridized carbons (Fsp3) is 0.625. The molecule has 0 unspecified atom stereocenters. The lowest BCUT2D eigenvalue weighted by Crippen LogP contribution is -2.63. The van der Waals surface area contributed by atoms with Crippen LogP contribution in [0.5, 0.6) is 0 Å². The minimum atomic E-state index is -0.696. The third-order valence-electron chi connectivity index (χ3n) is 8.70. The molecule has 0 radical (unpaired) electrons. The Labute approximate surface area is 258 Å². The van der Waals surface area contributed by atoms with Crippen molar-refractivity contribution in [1.82, 2.24) is 24.9 Å². The minimum Gasteiger partial charge on any atom is -0.444 e. The van der Waals surface area contributed by atoms with E-state index in [4.69, 9.17) is 18.8 Å². The summed E-state index contributed by atoms with van der Waals surface area (Å²) in [5.41, 5.74) is 0.371. The first-order valence-electron chi connectivity index (χ1n) is 15.4. The standard InChI is InChI=1S/C32H43N5O7/c1-30(2,3)42-28(39)34-16-22(17-34)35(29(40)43-31(4,5)6)18-23-14-24(33-44-23)25-15-32(12-13-32)26-19-36(25)27(38)37(26)41-20-21-10-8-7-9-11-21/h7-11,14,22,25-26H,12-13,15-20H2,1-6H3/t25-,26-/m0/s1. The van der Waals surface area contributed by atoms with Gasteiger partial charge in [0.2, 0.25) is 0 Å². The summed E-state index contributed by atoms with van der Waals surface area (Å²) in [7, 11) is 0. The number of carbonyl (C=O) groups is 3. The van der Waals surface area contributed by atoms with Crippen molar-refractivity contribution in [3.05, 3.63) is 53.4 Å². The van der Waals surface area contributed by atoms with E-state index in [0.29, 0.717) is 37.7 Å². The Morgan fingerprint density at radius 2 is 1.70 bits per heavy atom. The Hall–Kier alpha value is -3.80. The van der Waals surface area contributed by atoms with Crippen molar-refractivity contribution in [2.75, 3.05) is 19.6 Å². The highest BCUT2D eigenvalue weighted by molar-refractivity contribution is 5.77. The van der Waals surface area contributed by atoms with Crippen LogP contribution in [0.3, 0.4) is 0 Å². The molecule has 1 saturated carbocycles. The number of carbonyl (C=O) groups excluding carboxylic acids is 3. The van der Waals surface area contributed by atoms with E-state index in [0.717, 1.165) is 24.8 Å². The van der Waals surface area contributed by atoms with Gasteiger partial charge >= 0.3 is 18.2 Å². The zero-order valence-corrected chi connectivity index (χ0v) is 26.4. The van der Waals surface area contributed by atoms with Crippen molar-refractivity contribution in [2.45, 2.75) is 103 Å². The van der Waals surface area contributed by atoms with Gasteiger partial charge < -0.3 is 23.8 Å². The molecule has 1 aromatic heterocycles. The van der Waals surface area contributed by atoms with Crippen molar-refractivity contribution in [3.63, 3.8) is 0 Å². The molecule has 4 heterocycles. The summed E-state index contributed by atoms with van der Waals surface area (Å²) < 4.78 is 16.9. The van der Waals surface area contributed by atoms with Crippen LogP contribution in [0.25, 0.3) is 0 Å². The molecule has 3 saturated heterocycles. The van der Waals surface area contributed by atoms with Crippen LogP contribution in [0, 0.1) is 5.41 Å². The summed E-state index contributed by atoms with van der Waals surface area (Å²) in [5, 5.41) is 5.97. The minimum absolute atomic E-state index is 0.00271. The second-order valence-corrected chi connectivity index (χ2v) is 14.5. The van der Waals surface area contributed by atoms with Crippen molar-refractivity contribution in [1.29, 1.82) is 0 Å². The third kappa shape index (κ3) is 6.22. The predicted molar refractivity (Wildman–Crippen MR) is 158 cm³/mol. The van der Waals surface area contributed by atoms with Gasteiger partial charge in [0.15, 0.2) is 5.76 Å². The molecule has 1 aromatic carbocycles. The van der Waals surface area contributed by atoms with Crippen LogP contribution in [-0.2, 0) is 27.5 Å². The highest BCUT2D eigenvalue weighted by Crippen LogP contribution is 2.61. The van der Waals surface area contributed by atoms with Crippen LogP contribution in [0.1, 0.15) is 83.9 Å². The number of hydrogen-bond acceptors (Lipinski definition) is 8. The number of ether oxygens (including phenoxy) is 2. The van der Waals surface area contributed by atoms with Crippen LogP contribution < -0.4 is 0 Å². The molecular formula is C32H43N5O7. The Morgan fingerprint density at radius 1 is 1.02 bits per heavy atom. The molecule has 2 aromatic rings. The van der Waals surface area contributed by atoms with Gasteiger partial charge in [-0.15, -0.1) is 0 Å². The maximum Gasteiger partial charge on any atom is 0.411 e. The fourth-order valence-corrected chi connectivity index (χ4v) is 6.28. The summed E-state index contributed by atoms with van der Waals surface area (Å²) in [6, 6.07) is 11.0. The van der Waals surface area contributed by atoms with Gasteiger partial charge in [0.25, 0.3) is 0 Å². The van der Waals surface area contributed by atoms with E-state index in [1.807, 2.05) is 82.8 Å². The van der Waals surface area contributed by atoms with E-state index in [9.17, 15) is 14.4 Å². The number of hydrogen-bond donors (Lipinski definition) is 0. The van der Waals surface area contributed by atoms with Gasteiger partial charge in [-0.2, -0.15) is 5.06 Å². The smallest absolute Gasteiger partial charge is 0.411 e. The summed E-state index contributed by atoms with van der Waals surface area (Å²) in [5.74, 6) is 0.484. The number of urea groups is 1. The van der Waals surface area contributed by atoms with E-state index < -0.39 is 23.4 Å². The fourth-order valence-electron chi connectivity index (χ4n) is 6.28. The van der Waals surface area contributed by atoms with E-state index in [2.05, 4.69) is 5.16 Å². The molecule has 1 spiro atoms. The highest BCUT2D eigenvalue weighted by atomic mass is 16.7. The number of benzene rings is 1. The van der Waals surface area contributed by atoms with Gasteiger partial charge in [0, 0.05) is 25.7 Å². The summed E-state index contributed by atoms with van der Waals surface area (Å²) in [4.78, 5) is 50.5. The number of piperidine rings is 1. The van der Waals surface area contributed by atoms with Crippen molar-refractivity contribution < 1.29 is 33.2 Å². The van der Waals surface area contributed by atoms with Gasteiger partial charge in [0.1, 0.15) is 23.5 Å². The van der Waals surface area contributed by atoms with Crippen LogP contribution in [0.15, 0.2) is 40.9 Å². The van der Waals surface area contributed by atoms with Gasteiger partial charge in [-0.05, 0) is 71.8 Å². The number of rotatable bonds is 7. The predicted octanol–water partition coefficient (Wildman–Crippen LogP) is 5.49. The third-order valence-corrected chi connectivity index (χ3v) is 8.70. The van der Waals surface area contributed by atoms with E-state index in [-0.39, 0.29) is 36.1 Å². The maximum absolute atomic E-state index is 13.6. The highest BCUT2D eigenvalue weighted by Gasteiger charge is 2.63. The topological polar surface area (TPSA) is 118 Å².